The average molecular weight is 454 g/mol. The monoisotopic (exact) mass is 453 g/mol. The molecule has 27 heavy (non-hydrogen) atoms. The predicted octanol–water partition coefficient (Wildman–Crippen LogP) is 4.74. The van der Waals surface area contributed by atoms with Crippen molar-refractivity contribution in [3.63, 3.8) is 0 Å². The number of nitrogens with zero attached hydrogens (tertiary/aromatic N) is 2. The van der Waals surface area contributed by atoms with Gasteiger partial charge in [-0.25, -0.2) is 4.79 Å². The Morgan fingerprint density at radius 1 is 1.37 bits per heavy atom. The molecule has 0 radical (unpaired) electrons. The maximum atomic E-state index is 12.9. The molecule has 6 nitrogen and oxygen atoms in total. The van der Waals surface area contributed by atoms with Gasteiger partial charge in [-0.1, -0.05) is 13.8 Å². The van der Waals surface area contributed by atoms with E-state index in [0.29, 0.717) is 23.6 Å². The molecule has 2 aromatic heterocycles. The molecule has 1 aliphatic carbocycles. The predicted molar refractivity (Wildman–Crippen MR) is 109 cm³/mol. The van der Waals surface area contributed by atoms with Crippen LogP contribution in [0.15, 0.2) is 16.9 Å². The van der Waals surface area contributed by atoms with E-state index in [1.807, 2.05) is 13.8 Å². The van der Waals surface area contributed by atoms with Crippen LogP contribution in [0.2, 0.25) is 0 Å². The van der Waals surface area contributed by atoms with Crippen LogP contribution < -0.4 is 5.32 Å². The molecule has 0 bridgehead atoms. The SMILES string of the molecule is CCCOC(=O)c1c(NC(=O)C(CC)n2cc(Br)cn2)sc2c1CCCC2. The van der Waals surface area contributed by atoms with Gasteiger partial charge in [0.15, 0.2) is 0 Å². The smallest absolute Gasteiger partial charge is 0.341 e. The fraction of sp³-hybridized carbons (Fsp3) is 0.526. The third kappa shape index (κ3) is 4.43. The van der Waals surface area contributed by atoms with Gasteiger partial charge in [-0.15, -0.1) is 11.3 Å². The van der Waals surface area contributed by atoms with Gasteiger partial charge < -0.3 is 10.1 Å². The number of carbonyl (C=O) groups is 2. The van der Waals surface area contributed by atoms with Crippen LogP contribution >= 0.6 is 27.3 Å². The van der Waals surface area contributed by atoms with Crippen LogP contribution in [0.25, 0.3) is 0 Å². The Bertz CT molecular complexity index is 830. The number of carbonyl (C=O) groups excluding carboxylic acids is 2. The number of esters is 1. The van der Waals surface area contributed by atoms with Gasteiger partial charge in [0, 0.05) is 11.1 Å². The first-order valence-corrected chi connectivity index (χ1v) is 11.0. The molecular formula is C19H24BrN3O3S. The zero-order chi connectivity index (χ0) is 19.4. The summed E-state index contributed by atoms with van der Waals surface area (Å²) in [4.78, 5) is 26.8. The number of nitrogens with one attached hydrogen (secondary N) is 1. The molecule has 1 aliphatic rings. The van der Waals surface area contributed by atoms with E-state index in [2.05, 4.69) is 26.3 Å². The topological polar surface area (TPSA) is 73.2 Å². The van der Waals surface area contributed by atoms with E-state index < -0.39 is 6.04 Å². The number of thiophene rings is 1. The van der Waals surface area contributed by atoms with Gasteiger partial charge in [0.1, 0.15) is 11.0 Å². The van der Waals surface area contributed by atoms with Crippen LogP contribution in [0.5, 0.6) is 0 Å². The molecule has 0 fully saturated rings. The molecule has 8 heteroatoms. The summed E-state index contributed by atoms with van der Waals surface area (Å²) in [6.45, 7) is 4.29. The third-order valence-electron chi connectivity index (χ3n) is 4.63. The number of amides is 1. The summed E-state index contributed by atoms with van der Waals surface area (Å²) in [7, 11) is 0. The summed E-state index contributed by atoms with van der Waals surface area (Å²) in [6.07, 6.45) is 8.80. The van der Waals surface area contributed by atoms with Gasteiger partial charge in [-0.3, -0.25) is 9.48 Å². The Morgan fingerprint density at radius 2 is 2.15 bits per heavy atom. The van der Waals surface area contributed by atoms with Gasteiger partial charge in [-0.05, 0) is 60.0 Å². The van der Waals surface area contributed by atoms with Crippen molar-refractivity contribution >= 4 is 44.1 Å². The Morgan fingerprint density at radius 3 is 2.81 bits per heavy atom. The maximum Gasteiger partial charge on any atom is 0.341 e. The number of halogens is 1. The van der Waals surface area contributed by atoms with Crippen molar-refractivity contribution in [3.8, 4) is 0 Å². The number of ether oxygens (including phenoxy) is 1. The Hall–Kier alpha value is -1.67. The largest absolute Gasteiger partial charge is 0.462 e. The van der Waals surface area contributed by atoms with E-state index in [0.717, 1.165) is 42.1 Å². The number of anilines is 1. The van der Waals surface area contributed by atoms with Gasteiger partial charge >= 0.3 is 5.97 Å². The van der Waals surface area contributed by atoms with Gasteiger partial charge in [-0.2, -0.15) is 5.10 Å². The molecule has 2 heterocycles. The second-order valence-corrected chi connectivity index (χ2v) is 8.62. The summed E-state index contributed by atoms with van der Waals surface area (Å²) >= 11 is 4.87. The lowest BCUT2D eigenvalue weighted by molar-refractivity contribution is -0.119. The van der Waals surface area contributed by atoms with Crippen molar-refractivity contribution in [2.24, 2.45) is 0 Å². The van der Waals surface area contributed by atoms with Crippen molar-refractivity contribution in [1.29, 1.82) is 0 Å². The lowest BCUT2D eigenvalue weighted by Gasteiger charge is -2.16. The standard InChI is InChI=1S/C19H24BrN3O3S/c1-3-9-26-19(25)16-13-7-5-6-8-15(13)27-18(16)22-17(24)14(4-2)23-11-12(20)10-21-23/h10-11,14H,3-9H2,1-2H3,(H,22,24). The highest BCUT2D eigenvalue weighted by molar-refractivity contribution is 9.10. The maximum absolute atomic E-state index is 12.9. The van der Waals surface area contributed by atoms with Gasteiger partial charge in [0.2, 0.25) is 5.91 Å². The van der Waals surface area contributed by atoms with E-state index in [1.54, 1.807) is 17.1 Å². The molecule has 146 valence electrons. The van der Waals surface area contributed by atoms with Crippen LogP contribution in [0, 0.1) is 0 Å². The molecule has 1 N–H and O–H groups in total. The van der Waals surface area contributed by atoms with E-state index in [1.165, 1.54) is 16.2 Å². The molecule has 0 saturated carbocycles. The number of aryl methyl sites for hydroxylation is 1. The zero-order valence-corrected chi connectivity index (χ0v) is 18.0. The van der Waals surface area contributed by atoms with Crippen molar-refractivity contribution < 1.29 is 14.3 Å². The molecule has 1 atom stereocenters. The molecule has 1 unspecified atom stereocenters. The number of fused-ring (bicyclic) bond motifs is 1. The van der Waals surface area contributed by atoms with E-state index in [-0.39, 0.29) is 11.9 Å². The molecule has 0 saturated heterocycles. The highest BCUT2D eigenvalue weighted by atomic mass is 79.9. The molecule has 0 aliphatic heterocycles. The van der Waals surface area contributed by atoms with Gasteiger partial charge in [0.25, 0.3) is 0 Å². The zero-order valence-electron chi connectivity index (χ0n) is 15.6. The van der Waals surface area contributed by atoms with Crippen LogP contribution in [0.4, 0.5) is 5.00 Å². The van der Waals surface area contributed by atoms with Crippen LogP contribution in [0.1, 0.15) is 66.4 Å². The quantitative estimate of drug-likeness (QED) is 0.614. The fourth-order valence-corrected chi connectivity index (χ4v) is 4.89. The number of hydrogen-bond acceptors (Lipinski definition) is 5. The lowest BCUT2D eigenvalue weighted by atomic mass is 9.95. The first-order chi connectivity index (χ1) is 13.0. The highest BCUT2D eigenvalue weighted by Crippen LogP contribution is 2.39. The minimum absolute atomic E-state index is 0.170. The van der Waals surface area contributed by atoms with Crippen LogP contribution in [0.3, 0.4) is 0 Å². The van der Waals surface area contributed by atoms with Gasteiger partial charge in [0.05, 0.1) is 22.8 Å². The molecule has 3 rings (SSSR count). The minimum Gasteiger partial charge on any atom is -0.462 e. The second kappa shape index (κ2) is 9.01. The molecule has 1 amide bonds. The fourth-order valence-electron chi connectivity index (χ4n) is 3.31. The average Bonchev–Trinajstić information content (AvgIpc) is 3.23. The van der Waals surface area contributed by atoms with Crippen LogP contribution in [-0.4, -0.2) is 28.3 Å². The second-order valence-electron chi connectivity index (χ2n) is 6.60. The van der Waals surface area contributed by atoms with Crippen molar-refractivity contribution in [3.05, 3.63) is 32.9 Å². The number of hydrogen-bond donors (Lipinski definition) is 1. The minimum atomic E-state index is -0.435. The summed E-state index contributed by atoms with van der Waals surface area (Å²) < 4.78 is 7.86. The number of rotatable bonds is 7. The lowest BCUT2D eigenvalue weighted by Crippen LogP contribution is -2.26. The molecular weight excluding hydrogens is 430 g/mol. The van der Waals surface area contributed by atoms with Crippen molar-refractivity contribution in [2.75, 3.05) is 11.9 Å². The molecule has 2 aromatic rings. The molecule has 0 aromatic carbocycles. The Labute approximate surface area is 171 Å². The van der Waals surface area contributed by atoms with Crippen LogP contribution in [-0.2, 0) is 22.4 Å². The van der Waals surface area contributed by atoms with Crippen molar-refractivity contribution in [2.45, 2.75) is 58.4 Å². The van der Waals surface area contributed by atoms with Crippen molar-refractivity contribution in [1.82, 2.24) is 9.78 Å². The summed E-state index contributed by atoms with van der Waals surface area (Å²) in [5.41, 5.74) is 1.60. The normalized spacial score (nSPS) is 14.5. The van der Waals surface area contributed by atoms with E-state index in [4.69, 9.17) is 4.74 Å². The van der Waals surface area contributed by atoms with E-state index in [9.17, 15) is 9.59 Å². The summed E-state index contributed by atoms with van der Waals surface area (Å²) in [5.74, 6) is -0.502. The Kier molecular flexibility index (Phi) is 6.70. The summed E-state index contributed by atoms with van der Waals surface area (Å²) in [6, 6.07) is -0.435. The molecule has 0 spiro atoms. The third-order valence-corrected chi connectivity index (χ3v) is 6.24. The first kappa shape index (κ1) is 20.1. The Balaban J connectivity index is 1.87. The highest BCUT2D eigenvalue weighted by Gasteiger charge is 2.29. The van der Waals surface area contributed by atoms with E-state index >= 15 is 0 Å². The first-order valence-electron chi connectivity index (χ1n) is 9.37. The number of aromatic nitrogens is 2. The summed E-state index contributed by atoms with van der Waals surface area (Å²) in [5, 5.41) is 7.83.